The zero-order chi connectivity index (χ0) is 10.7. The van der Waals surface area contributed by atoms with Gasteiger partial charge in [0.1, 0.15) is 0 Å². The molecule has 80 valence electrons. The molecule has 1 amide bonds. The lowest BCUT2D eigenvalue weighted by atomic mass is 9.99. The molecule has 2 rings (SSSR count). The Morgan fingerprint density at radius 2 is 2.07 bits per heavy atom. The van der Waals surface area contributed by atoms with Crippen LogP contribution in [0.3, 0.4) is 0 Å². The Kier molecular flexibility index (Phi) is 3.58. The smallest absolute Gasteiger partial charge is 0.224 e. The lowest BCUT2D eigenvalue weighted by Gasteiger charge is -2.26. The molecule has 1 heterocycles. The van der Waals surface area contributed by atoms with Gasteiger partial charge in [0.15, 0.2) is 0 Å². The highest BCUT2D eigenvalue weighted by Crippen LogP contribution is 2.13. The van der Waals surface area contributed by atoms with Gasteiger partial charge in [-0.2, -0.15) is 0 Å². The fraction of sp³-hybridized carbons (Fsp3) is 0.364. The van der Waals surface area contributed by atoms with E-state index < -0.39 is 0 Å². The minimum Gasteiger partial charge on any atom is -0.326 e. The third-order valence-electron chi connectivity index (χ3n) is 2.47. The lowest BCUT2D eigenvalue weighted by molar-refractivity contribution is -0.117. The summed E-state index contributed by atoms with van der Waals surface area (Å²) in [6.45, 7) is 1.94. The molecular weight excluding hydrogens is 303 g/mol. The van der Waals surface area contributed by atoms with Crippen LogP contribution in [0.5, 0.6) is 0 Å². The van der Waals surface area contributed by atoms with E-state index in [4.69, 9.17) is 0 Å². The lowest BCUT2D eigenvalue weighted by Crippen LogP contribution is -2.43. The normalized spacial score (nSPS) is 15.8. The van der Waals surface area contributed by atoms with Crippen molar-refractivity contribution in [2.75, 3.05) is 18.4 Å². The standard InChI is InChI=1S/C11H13IN2O/c12-9-1-3-10(4-2-9)14-11(15)5-8-6-13-7-8/h1-4,8,13H,5-7H2,(H,14,15). The zero-order valence-corrected chi connectivity index (χ0v) is 10.5. The van der Waals surface area contributed by atoms with Crippen LogP contribution in [-0.4, -0.2) is 19.0 Å². The minimum atomic E-state index is 0.114. The van der Waals surface area contributed by atoms with Gasteiger partial charge < -0.3 is 10.6 Å². The number of halogens is 1. The molecule has 0 radical (unpaired) electrons. The van der Waals surface area contributed by atoms with Crippen molar-refractivity contribution in [3.8, 4) is 0 Å². The van der Waals surface area contributed by atoms with Crippen LogP contribution >= 0.6 is 22.6 Å². The molecule has 1 aromatic rings. The first-order valence-electron chi connectivity index (χ1n) is 5.00. The molecule has 4 heteroatoms. The van der Waals surface area contributed by atoms with Crippen LogP contribution in [0.15, 0.2) is 24.3 Å². The van der Waals surface area contributed by atoms with Crippen LogP contribution in [0.25, 0.3) is 0 Å². The summed E-state index contributed by atoms with van der Waals surface area (Å²) in [5, 5.41) is 6.06. The van der Waals surface area contributed by atoms with Gasteiger partial charge in [-0.1, -0.05) is 0 Å². The van der Waals surface area contributed by atoms with Gasteiger partial charge in [-0.15, -0.1) is 0 Å². The SMILES string of the molecule is O=C(CC1CNC1)Nc1ccc(I)cc1. The molecule has 0 aliphatic carbocycles. The first kappa shape index (κ1) is 10.9. The summed E-state index contributed by atoms with van der Waals surface area (Å²) in [6.07, 6.45) is 0.624. The quantitative estimate of drug-likeness (QED) is 0.836. The molecule has 1 aliphatic rings. The van der Waals surface area contributed by atoms with E-state index in [9.17, 15) is 4.79 Å². The van der Waals surface area contributed by atoms with E-state index in [2.05, 4.69) is 33.2 Å². The fourth-order valence-electron chi connectivity index (χ4n) is 1.50. The number of benzene rings is 1. The topological polar surface area (TPSA) is 41.1 Å². The van der Waals surface area contributed by atoms with Gasteiger partial charge in [0.25, 0.3) is 0 Å². The summed E-state index contributed by atoms with van der Waals surface area (Å²) >= 11 is 2.24. The Bertz CT molecular complexity index is 346. The second-order valence-corrected chi connectivity index (χ2v) is 5.03. The molecule has 1 fully saturated rings. The van der Waals surface area contributed by atoms with E-state index in [1.807, 2.05) is 24.3 Å². The molecule has 15 heavy (non-hydrogen) atoms. The van der Waals surface area contributed by atoms with Crippen molar-refractivity contribution >= 4 is 34.2 Å². The maximum absolute atomic E-state index is 11.6. The Labute approximate surface area is 103 Å². The van der Waals surface area contributed by atoms with E-state index in [1.165, 1.54) is 3.57 Å². The maximum atomic E-state index is 11.6. The highest BCUT2D eigenvalue weighted by molar-refractivity contribution is 14.1. The molecule has 0 aromatic heterocycles. The molecule has 3 nitrogen and oxygen atoms in total. The molecule has 1 saturated heterocycles. The summed E-state index contributed by atoms with van der Waals surface area (Å²) < 4.78 is 1.17. The van der Waals surface area contributed by atoms with E-state index in [0.717, 1.165) is 18.8 Å². The minimum absolute atomic E-state index is 0.114. The number of hydrogen-bond donors (Lipinski definition) is 2. The predicted octanol–water partition coefficient (Wildman–Crippen LogP) is 1.84. The van der Waals surface area contributed by atoms with Gasteiger partial charge in [0, 0.05) is 15.7 Å². The number of rotatable bonds is 3. The predicted molar refractivity (Wildman–Crippen MR) is 68.8 cm³/mol. The summed E-state index contributed by atoms with van der Waals surface area (Å²) in [4.78, 5) is 11.6. The number of carbonyl (C=O) groups excluding carboxylic acids is 1. The molecule has 1 aromatic carbocycles. The second kappa shape index (κ2) is 4.94. The summed E-state index contributed by atoms with van der Waals surface area (Å²) in [6, 6.07) is 7.83. The monoisotopic (exact) mass is 316 g/mol. The van der Waals surface area contributed by atoms with Crippen LogP contribution in [-0.2, 0) is 4.79 Å². The molecular formula is C11H13IN2O. The van der Waals surface area contributed by atoms with Gasteiger partial charge >= 0.3 is 0 Å². The zero-order valence-electron chi connectivity index (χ0n) is 8.29. The Morgan fingerprint density at radius 1 is 1.40 bits per heavy atom. The Balaban J connectivity index is 1.84. The molecule has 2 N–H and O–H groups in total. The van der Waals surface area contributed by atoms with Crippen molar-refractivity contribution in [3.05, 3.63) is 27.8 Å². The highest BCUT2D eigenvalue weighted by Gasteiger charge is 2.19. The van der Waals surface area contributed by atoms with Gasteiger partial charge in [-0.3, -0.25) is 4.79 Å². The van der Waals surface area contributed by atoms with Crippen LogP contribution in [0.2, 0.25) is 0 Å². The van der Waals surface area contributed by atoms with E-state index in [-0.39, 0.29) is 5.91 Å². The van der Waals surface area contributed by atoms with Gasteiger partial charge in [-0.25, -0.2) is 0 Å². The number of hydrogen-bond acceptors (Lipinski definition) is 2. The van der Waals surface area contributed by atoms with Gasteiger partial charge in [-0.05, 0) is 65.9 Å². The summed E-state index contributed by atoms with van der Waals surface area (Å²) in [7, 11) is 0. The van der Waals surface area contributed by atoms with Crippen LogP contribution in [0.4, 0.5) is 5.69 Å². The number of anilines is 1. The highest BCUT2D eigenvalue weighted by atomic mass is 127. The van der Waals surface area contributed by atoms with E-state index in [1.54, 1.807) is 0 Å². The molecule has 0 unspecified atom stereocenters. The largest absolute Gasteiger partial charge is 0.326 e. The second-order valence-electron chi connectivity index (χ2n) is 3.78. The average molecular weight is 316 g/mol. The third kappa shape index (κ3) is 3.17. The Hall–Kier alpha value is -0.620. The molecule has 0 atom stereocenters. The molecule has 1 aliphatic heterocycles. The molecule has 0 bridgehead atoms. The molecule has 0 spiro atoms. The van der Waals surface area contributed by atoms with Crippen LogP contribution < -0.4 is 10.6 Å². The first-order chi connectivity index (χ1) is 7.24. The third-order valence-corrected chi connectivity index (χ3v) is 3.19. The maximum Gasteiger partial charge on any atom is 0.224 e. The first-order valence-corrected chi connectivity index (χ1v) is 6.08. The fourth-order valence-corrected chi connectivity index (χ4v) is 1.86. The van der Waals surface area contributed by atoms with E-state index in [0.29, 0.717) is 12.3 Å². The average Bonchev–Trinajstić information content (AvgIpc) is 2.16. The number of amides is 1. The Morgan fingerprint density at radius 3 is 2.60 bits per heavy atom. The summed E-state index contributed by atoms with van der Waals surface area (Å²) in [5.41, 5.74) is 0.882. The van der Waals surface area contributed by atoms with Crippen LogP contribution in [0, 0.1) is 9.49 Å². The number of nitrogens with one attached hydrogen (secondary N) is 2. The van der Waals surface area contributed by atoms with Gasteiger partial charge in [0.05, 0.1) is 0 Å². The van der Waals surface area contributed by atoms with Gasteiger partial charge in [0.2, 0.25) is 5.91 Å². The van der Waals surface area contributed by atoms with Crippen molar-refractivity contribution < 1.29 is 4.79 Å². The van der Waals surface area contributed by atoms with Crippen molar-refractivity contribution in [2.24, 2.45) is 5.92 Å². The van der Waals surface area contributed by atoms with E-state index >= 15 is 0 Å². The summed E-state index contributed by atoms with van der Waals surface area (Å²) in [5.74, 6) is 0.636. The van der Waals surface area contributed by atoms with Crippen molar-refractivity contribution in [1.29, 1.82) is 0 Å². The number of carbonyl (C=O) groups is 1. The van der Waals surface area contributed by atoms with Crippen molar-refractivity contribution in [3.63, 3.8) is 0 Å². The van der Waals surface area contributed by atoms with Crippen molar-refractivity contribution in [1.82, 2.24) is 5.32 Å². The van der Waals surface area contributed by atoms with Crippen LogP contribution in [0.1, 0.15) is 6.42 Å². The molecule has 0 saturated carbocycles. The van der Waals surface area contributed by atoms with Crippen molar-refractivity contribution in [2.45, 2.75) is 6.42 Å².